The molecule has 0 amide bonds. The van der Waals surface area contributed by atoms with Crippen LogP contribution >= 0.6 is 12.4 Å². The average molecular weight is 294 g/mol. The van der Waals surface area contributed by atoms with Crippen molar-refractivity contribution in [2.75, 3.05) is 6.54 Å². The molecule has 0 saturated heterocycles. The SMILES string of the molecule is CC[C@H](C)[C@@H]1NCCn2nc(-c3cccnc3)nc21.Cl. The summed E-state index contributed by atoms with van der Waals surface area (Å²) in [5.41, 5.74) is 0.979. The highest BCUT2D eigenvalue weighted by atomic mass is 35.5. The lowest BCUT2D eigenvalue weighted by Crippen LogP contribution is -2.37. The van der Waals surface area contributed by atoms with Crippen molar-refractivity contribution in [2.24, 2.45) is 5.92 Å². The van der Waals surface area contributed by atoms with E-state index in [4.69, 9.17) is 4.98 Å². The smallest absolute Gasteiger partial charge is 0.183 e. The number of nitrogens with one attached hydrogen (secondary N) is 1. The molecule has 0 fully saturated rings. The van der Waals surface area contributed by atoms with Crippen molar-refractivity contribution in [1.29, 1.82) is 0 Å². The second kappa shape index (κ2) is 6.33. The Balaban J connectivity index is 0.00000147. The van der Waals surface area contributed by atoms with Gasteiger partial charge in [0.05, 0.1) is 12.6 Å². The predicted octanol–water partition coefficient (Wildman–Crippen LogP) is 2.45. The first-order valence-electron chi connectivity index (χ1n) is 6.88. The van der Waals surface area contributed by atoms with Crippen LogP contribution < -0.4 is 5.32 Å². The zero-order chi connectivity index (χ0) is 13.2. The van der Waals surface area contributed by atoms with Crippen molar-refractivity contribution in [3.63, 3.8) is 0 Å². The number of aromatic nitrogens is 4. The van der Waals surface area contributed by atoms with E-state index in [1.165, 1.54) is 0 Å². The molecule has 0 radical (unpaired) electrons. The fourth-order valence-electron chi connectivity index (χ4n) is 2.47. The summed E-state index contributed by atoms with van der Waals surface area (Å²) in [7, 11) is 0. The summed E-state index contributed by atoms with van der Waals surface area (Å²) < 4.78 is 2.04. The van der Waals surface area contributed by atoms with Crippen molar-refractivity contribution in [2.45, 2.75) is 32.9 Å². The third-order valence-corrected chi connectivity index (χ3v) is 3.80. The van der Waals surface area contributed by atoms with Crippen LogP contribution in [0.2, 0.25) is 0 Å². The molecule has 1 aliphatic heterocycles. The molecule has 108 valence electrons. The summed E-state index contributed by atoms with van der Waals surface area (Å²) in [6.07, 6.45) is 4.71. The molecule has 0 aromatic carbocycles. The largest absolute Gasteiger partial charge is 0.305 e. The summed E-state index contributed by atoms with van der Waals surface area (Å²) in [4.78, 5) is 8.85. The zero-order valence-corrected chi connectivity index (χ0v) is 12.6. The molecular weight excluding hydrogens is 274 g/mol. The number of nitrogens with zero attached hydrogens (tertiary/aromatic N) is 4. The Bertz CT molecular complexity index is 554. The third-order valence-electron chi connectivity index (χ3n) is 3.80. The first kappa shape index (κ1) is 14.9. The van der Waals surface area contributed by atoms with Crippen LogP contribution in [-0.2, 0) is 6.54 Å². The molecule has 3 rings (SSSR count). The zero-order valence-electron chi connectivity index (χ0n) is 11.8. The van der Waals surface area contributed by atoms with Crippen molar-refractivity contribution < 1.29 is 0 Å². The summed E-state index contributed by atoms with van der Waals surface area (Å²) in [5, 5.41) is 8.17. The van der Waals surface area contributed by atoms with Crippen LogP contribution in [0.15, 0.2) is 24.5 Å². The molecule has 5 nitrogen and oxygen atoms in total. The highest BCUT2D eigenvalue weighted by Gasteiger charge is 2.27. The molecule has 2 aromatic rings. The van der Waals surface area contributed by atoms with Crippen LogP contribution in [0, 0.1) is 5.92 Å². The second-order valence-electron chi connectivity index (χ2n) is 5.08. The highest BCUT2D eigenvalue weighted by molar-refractivity contribution is 5.85. The third kappa shape index (κ3) is 2.69. The van der Waals surface area contributed by atoms with Crippen LogP contribution in [0.4, 0.5) is 0 Å². The van der Waals surface area contributed by atoms with E-state index in [9.17, 15) is 0 Å². The molecule has 2 aromatic heterocycles. The number of hydrogen-bond acceptors (Lipinski definition) is 4. The Labute approximate surface area is 125 Å². The van der Waals surface area contributed by atoms with Gasteiger partial charge in [-0.25, -0.2) is 9.67 Å². The van der Waals surface area contributed by atoms with E-state index in [0.29, 0.717) is 12.0 Å². The van der Waals surface area contributed by atoms with E-state index in [-0.39, 0.29) is 12.4 Å². The molecule has 0 aliphatic carbocycles. The first-order chi connectivity index (χ1) is 9.29. The van der Waals surface area contributed by atoms with Crippen LogP contribution in [0.5, 0.6) is 0 Å². The normalized spacial score (nSPS) is 19.0. The molecule has 0 unspecified atom stereocenters. The van der Waals surface area contributed by atoms with E-state index in [1.54, 1.807) is 6.20 Å². The van der Waals surface area contributed by atoms with Gasteiger partial charge in [0.25, 0.3) is 0 Å². The second-order valence-corrected chi connectivity index (χ2v) is 5.08. The first-order valence-corrected chi connectivity index (χ1v) is 6.88. The van der Waals surface area contributed by atoms with Crippen molar-refractivity contribution in [3.8, 4) is 11.4 Å². The summed E-state index contributed by atoms with van der Waals surface area (Å²) in [6, 6.07) is 4.22. The monoisotopic (exact) mass is 293 g/mol. The fraction of sp³-hybridized carbons (Fsp3) is 0.500. The van der Waals surface area contributed by atoms with E-state index in [0.717, 1.165) is 36.7 Å². The van der Waals surface area contributed by atoms with Crippen molar-refractivity contribution >= 4 is 12.4 Å². The van der Waals surface area contributed by atoms with Crippen LogP contribution in [-0.4, -0.2) is 26.3 Å². The fourth-order valence-corrected chi connectivity index (χ4v) is 2.47. The van der Waals surface area contributed by atoms with E-state index in [2.05, 4.69) is 29.2 Å². The average Bonchev–Trinajstić information content (AvgIpc) is 2.91. The minimum Gasteiger partial charge on any atom is -0.305 e. The van der Waals surface area contributed by atoms with Gasteiger partial charge in [0.15, 0.2) is 5.82 Å². The lowest BCUT2D eigenvalue weighted by molar-refractivity contribution is 0.305. The number of rotatable bonds is 3. The molecule has 20 heavy (non-hydrogen) atoms. The molecule has 2 atom stereocenters. The van der Waals surface area contributed by atoms with Gasteiger partial charge in [-0.2, -0.15) is 5.10 Å². The quantitative estimate of drug-likeness (QED) is 0.944. The molecule has 0 saturated carbocycles. The lowest BCUT2D eigenvalue weighted by Gasteiger charge is -2.27. The maximum atomic E-state index is 4.72. The highest BCUT2D eigenvalue weighted by Crippen LogP contribution is 2.27. The van der Waals surface area contributed by atoms with Crippen molar-refractivity contribution in [3.05, 3.63) is 30.4 Å². The predicted molar refractivity (Wildman–Crippen MR) is 80.7 cm³/mol. The number of pyridine rings is 1. The van der Waals surface area contributed by atoms with Gasteiger partial charge in [-0.1, -0.05) is 20.3 Å². The van der Waals surface area contributed by atoms with E-state index < -0.39 is 0 Å². The Morgan fingerprint density at radius 2 is 2.35 bits per heavy atom. The minimum atomic E-state index is 0. The topological polar surface area (TPSA) is 55.6 Å². The maximum absolute atomic E-state index is 4.72. The van der Waals surface area contributed by atoms with Gasteiger partial charge in [0.1, 0.15) is 5.82 Å². The Hall–Kier alpha value is -1.46. The van der Waals surface area contributed by atoms with Gasteiger partial charge in [-0.15, -0.1) is 12.4 Å². The molecule has 0 spiro atoms. The molecule has 6 heteroatoms. The summed E-state index contributed by atoms with van der Waals surface area (Å²) in [6.45, 7) is 6.31. The van der Waals surface area contributed by atoms with E-state index >= 15 is 0 Å². The molecule has 1 aliphatic rings. The minimum absolute atomic E-state index is 0. The Morgan fingerprint density at radius 1 is 1.50 bits per heavy atom. The molecule has 1 N–H and O–H groups in total. The molecular formula is C14H20ClN5. The Morgan fingerprint density at radius 3 is 3.05 bits per heavy atom. The summed E-state index contributed by atoms with van der Waals surface area (Å²) in [5.74, 6) is 2.39. The lowest BCUT2D eigenvalue weighted by atomic mass is 9.97. The van der Waals surface area contributed by atoms with Crippen LogP contribution in [0.3, 0.4) is 0 Å². The van der Waals surface area contributed by atoms with E-state index in [1.807, 2.05) is 23.0 Å². The molecule has 3 heterocycles. The van der Waals surface area contributed by atoms with Gasteiger partial charge in [0.2, 0.25) is 0 Å². The van der Waals surface area contributed by atoms with Gasteiger partial charge in [0, 0.05) is 24.5 Å². The standard InChI is InChI=1S/C14H19N5.ClH/c1-3-10(2)12-14-17-13(11-5-4-6-15-9-11)18-19(14)8-7-16-12;/h4-6,9-10,12,16H,3,7-8H2,1-2H3;1H/t10-,12-;/m0./s1. The molecule has 0 bridgehead atoms. The van der Waals surface area contributed by atoms with Gasteiger partial charge >= 0.3 is 0 Å². The Kier molecular flexibility index (Phi) is 4.73. The number of halogens is 1. The van der Waals surface area contributed by atoms with Crippen LogP contribution in [0.25, 0.3) is 11.4 Å². The number of fused-ring (bicyclic) bond motifs is 1. The maximum Gasteiger partial charge on any atom is 0.183 e. The van der Waals surface area contributed by atoms with Gasteiger partial charge < -0.3 is 5.32 Å². The van der Waals surface area contributed by atoms with Gasteiger partial charge in [-0.05, 0) is 18.1 Å². The van der Waals surface area contributed by atoms with Crippen molar-refractivity contribution in [1.82, 2.24) is 25.1 Å². The van der Waals surface area contributed by atoms with Crippen LogP contribution in [0.1, 0.15) is 32.1 Å². The number of hydrogen-bond donors (Lipinski definition) is 1. The van der Waals surface area contributed by atoms with Gasteiger partial charge in [-0.3, -0.25) is 4.98 Å². The summed E-state index contributed by atoms with van der Waals surface area (Å²) >= 11 is 0.